The smallest absolute Gasteiger partial charge is 0.293 e. The van der Waals surface area contributed by atoms with Gasteiger partial charge in [-0.3, -0.25) is 9.59 Å². The molecule has 86 valence electrons. The van der Waals surface area contributed by atoms with Crippen molar-refractivity contribution in [3.8, 4) is 0 Å². The van der Waals surface area contributed by atoms with Gasteiger partial charge in [0.05, 0.1) is 0 Å². The summed E-state index contributed by atoms with van der Waals surface area (Å²) in [7, 11) is 0. The van der Waals surface area contributed by atoms with E-state index in [0.717, 1.165) is 12.0 Å². The predicted molar refractivity (Wildman–Crippen MR) is 59.8 cm³/mol. The molecule has 1 rings (SSSR count). The van der Waals surface area contributed by atoms with Crippen molar-refractivity contribution < 1.29 is 14.3 Å². The van der Waals surface area contributed by atoms with Gasteiger partial charge in [0.15, 0.2) is 6.61 Å². The fourth-order valence-corrected chi connectivity index (χ4v) is 1.44. The maximum atomic E-state index is 11.2. The Labute approximate surface area is 94.6 Å². The molecule has 0 saturated heterocycles. The number of benzene rings is 1. The number of nitrogens with one attached hydrogen (secondary N) is 1. The molecule has 16 heavy (non-hydrogen) atoms. The maximum absolute atomic E-state index is 11.2. The second-order valence-corrected chi connectivity index (χ2v) is 3.57. The third-order valence-electron chi connectivity index (χ3n) is 2.07. The van der Waals surface area contributed by atoms with Crippen molar-refractivity contribution in [3.05, 3.63) is 35.9 Å². The zero-order valence-electron chi connectivity index (χ0n) is 9.18. The highest BCUT2D eigenvalue weighted by Gasteiger charge is 2.07. The second kappa shape index (κ2) is 6.61. The van der Waals surface area contributed by atoms with E-state index < -0.39 is 0 Å². The number of ether oxygens (including phenoxy) is 1. The minimum Gasteiger partial charge on any atom is -0.458 e. The van der Waals surface area contributed by atoms with Crippen molar-refractivity contribution in [2.45, 2.75) is 19.4 Å². The molecule has 0 aliphatic rings. The summed E-state index contributed by atoms with van der Waals surface area (Å²) in [5.41, 5.74) is 1.16. The van der Waals surface area contributed by atoms with Crippen LogP contribution in [0.2, 0.25) is 0 Å². The van der Waals surface area contributed by atoms with Crippen LogP contribution in [-0.4, -0.2) is 25.0 Å². The van der Waals surface area contributed by atoms with Gasteiger partial charge in [0.25, 0.3) is 12.4 Å². The number of amides is 1. The van der Waals surface area contributed by atoms with E-state index in [9.17, 15) is 9.59 Å². The lowest BCUT2D eigenvalue weighted by Gasteiger charge is -2.13. The topological polar surface area (TPSA) is 55.4 Å². The van der Waals surface area contributed by atoms with Gasteiger partial charge in [0, 0.05) is 6.04 Å². The van der Waals surface area contributed by atoms with Crippen LogP contribution < -0.4 is 5.32 Å². The zero-order valence-corrected chi connectivity index (χ0v) is 9.18. The van der Waals surface area contributed by atoms with Gasteiger partial charge in [-0.2, -0.15) is 0 Å². The average Bonchev–Trinajstić information content (AvgIpc) is 2.27. The molecule has 0 fully saturated rings. The first-order valence-electron chi connectivity index (χ1n) is 5.11. The Balaban J connectivity index is 2.33. The molecule has 4 heteroatoms. The van der Waals surface area contributed by atoms with E-state index in [-0.39, 0.29) is 25.0 Å². The maximum Gasteiger partial charge on any atom is 0.293 e. The molecular weight excluding hydrogens is 206 g/mol. The van der Waals surface area contributed by atoms with E-state index in [0.29, 0.717) is 0 Å². The molecule has 0 saturated carbocycles. The van der Waals surface area contributed by atoms with Crippen molar-refractivity contribution in [1.29, 1.82) is 0 Å². The van der Waals surface area contributed by atoms with Crippen LogP contribution in [0.4, 0.5) is 0 Å². The van der Waals surface area contributed by atoms with Gasteiger partial charge in [0.1, 0.15) is 0 Å². The van der Waals surface area contributed by atoms with Gasteiger partial charge < -0.3 is 10.1 Å². The monoisotopic (exact) mass is 221 g/mol. The first kappa shape index (κ1) is 12.2. The SMILES string of the molecule is C[C@@H](Cc1ccccc1)NC(=O)COC=O. The highest BCUT2D eigenvalue weighted by molar-refractivity contribution is 5.78. The zero-order chi connectivity index (χ0) is 11.8. The van der Waals surface area contributed by atoms with Gasteiger partial charge in [0.2, 0.25) is 0 Å². The Morgan fingerprint density at radius 2 is 2.12 bits per heavy atom. The van der Waals surface area contributed by atoms with Crippen LogP contribution in [0.1, 0.15) is 12.5 Å². The largest absolute Gasteiger partial charge is 0.458 e. The second-order valence-electron chi connectivity index (χ2n) is 3.57. The number of rotatable bonds is 6. The van der Waals surface area contributed by atoms with E-state index >= 15 is 0 Å². The Morgan fingerprint density at radius 3 is 2.75 bits per heavy atom. The third kappa shape index (κ3) is 4.59. The van der Waals surface area contributed by atoms with Crippen LogP contribution in [0.3, 0.4) is 0 Å². The van der Waals surface area contributed by atoms with Gasteiger partial charge >= 0.3 is 0 Å². The molecule has 1 N–H and O–H groups in total. The van der Waals surface area contributed by atoms with Gasteiger partial charge in [-0.1, -0.05) is 30.3 Å². The lowest BCUT2D eigenvalue weighted by Crippen LogP contribution is -2.36. The summed E-state index contributed by atoms with van der Waals surface area (Å²) in [4.78, 5) is 21.1. The van der Waals surface area contributed by atoms with Crippen LogP contribution >= 0.6 is 0 Å². The average molecular weight is 221 g/mol. The van der Waals surface area contributed by atoms with Crippen LogP contribution in [0.15, 0.2) is 30.3 Å². The number of hydrogen-bond donors (Lipinski definition) is 1. The quantitative estimate of drug-likeness (QED) is 0.726. The summed E-state index contributed by atoms with van der Waals surface area (Å²) in [5, 5.41) is 2.74. The molecule has 4 nitrogen and oxygen atoms in total. The fraction of sp³-hybridized carbons (Fsp3) is 0.333. The minimum atomic E-state index is -0.282. The van der Waals surface area contributed by atoms with Crippen LogP contribution in [0.25, 0.3) is 0 Å². The molecule has 0 aromatic heterocycles. The van der Waals surface area contributed by atoms with Gasteiger partial charge in [-0.05, 0) is 18.9 Å². The molecule has 0 radical (unpaired) electrons. The van der Waals surface area contributed by atoms with E-state index in [4.69, 9.17) is 0 Å². The normalized spacial score (nSPS) is 11.6. The van der Waals surface area contributed by atoms with E-state index in [1.165, 1.54) is 0 Å². The Bertz CT molecular complexity index is 337. The number of carbonyl (C=O) groups is 2. The molecule has 1 aromatic carbocycles. The fourth-order valence-electron chi connectivity index (χ4n) is 1.44. The summed E-state index contributed by atoms with van der Waals surface area (Å²) in [6.07, 6.45) is 0.758. The minimum absolute atomic E-state index is 0.0187. The van der Waals surface area contributed by atoms with Crippen LogP contribution in [-0.2, 0) is 20.7 Å². The van der Waals surface area contributed by atoms with Crippen molar-refractivity contribution in [2.24, 2.45) is 0 Å². The number of hydrogen-bond acceptors (Lipinski definition) is 3. The molecule has 0 unspecified atom stereocenters. The highest BCUT2D eigenvalue weighted by atomic mass is 16.5. The lowest BCUT2D eigenvalue weighted by molar-refractivity contribution is -0.137. The van der Waals surface area contributed by atoms with Gasteiger partial charge in [-0.25, -0.2) is 0 Å². The van der Waals surface area contributed by atoms with Crippen molar-refractivity contribution in [2.75, 3.05) is 6.61 Å². The van der Waals surface area contributed by atoms with Crippen molar-refractivity contribution in [1.82, 2.24) is 5.32 Å². The number of carbonyl (C=O) groups excluding carboxylic acids is 2. The highest BCUT2D eigenvalue weighted by Crippen LogP contribution is 2.02. The molecular formula is C12H15NO3. The Hall–Kier alpha value is -1.84. The van der Waals surface area contributed by atoms with E-state index in [1.54, 1.807) is 0 Å². The molecule has 0 bridgehead atoms. The summed E-state index contributed by atoms with van der Waals surface area (Å²) >= 11 is 0. The summed E-state index contributed by atoms with van der Waals surface area (Å²) in [6, 6.07) is 9.89. The molecule has 1 aromatic rings. The van der Waals surface area contributed by atoms with E-state index in [1.807, 2.05) is 37.3 Å². The first-order valence-corrected chi connectivity index (χ1v) is 5.11. The first-order chi connectivity index (χ1) is 7.72. The molecule has 0 aliphatic carbocycles. The summed E-state index contributed by atoms with van der Waals surface area (Å²) < 4.78 is 4.35. The molecule has 0 aliphatic heterocycles. The van der Waals surface area contributed by atoms with Gasteiger partial charge in [-0.15, -0.1) is 0 Å². The predicted octanol–water partition coefficient (Wildman–Crippen LogP) is 0.907. The van der Waals surface area contributed by atoms with Crippen molar-refractivity contribution in [3.63, 3.8) is 0 Å². The van der Waals surface area contributed by atoms with E-state index in [2.05, 4.69) is 10.1 Å². The molecule has 0 spiro atoms. The third-order valence-corrected chi connectivity index (χ3v) is 2.07. The van der Waals surface area contributed by atoms with Crippen LogP contribution in [0.5, 0.6) is 0 Å². The lowest BCUT2D eigenvalue weighted by atomic mass is 10.1. The Morgan fingerprint density at radius 1 is 1.44 bits per heavy atom. The Kier molecular flexibility index (Phi) is 5.05. The van der Waals surface area contributed by atoms with Crippen molar-refractivity contribution >= 4 is 12.4 Å². The standard InChI is InChI=1S/C12H15NO3/c1-10(13-12(15)8-16-9-14)7-11-5-3-2-4-6-11/h2-6,9-10H,7-8H2,1H3,(H,13,15)/t10-/m0/s1. The summed E-state index contributed by atoms with van der Waals surface area (Å²) in [5.74, 6) is -0.282. The molecule has 0 heterocycles. The summed E-state index contributed by atoms with van der Waals surface area (Å²) in [6.45, 7) is 1.95. The van der Waals surface area contributed by atoms with Crippen LogP contribution in [0, 0.1) is 0 Å². The molecule has 1 atom stereocenters. The molecule has 1 amide bonds.